The van der Waals surface area contributed by atoms with Crippen molar-refractivity contribution in [1.29, 1.82) is 0 Å². The number of carbonyl (C=O) groups excluding carboxylic acids is 1. The van der Waals surface area contributed by atoms with E-state index in [1.54, 1.807) is 0 Å². The molecule has 15 heteroatoms. The van der Waals surface area contributed by atoms with Gasteiger partial charge in [-0.15, -0.1) is 6.42 Å². The zero-order valence-corrected chi connectivity index (χ0v) is 21.2. The van der Waals surface area contributed by atoms with Crippen LogP contribution in [0.4, 0.5) is 11.4 Å². The first-order chi connectivity index (χ1) is 18.2. The van der Waals surface area contributed by atoms with Gasteiger partial charge in [-0.05, 0) is 29.8 Å². The first-order valence-corrected chi connectivity index (χ1v) is 13.6. The fourth-order valence-corrected chi connectivity index (χ4v) is 5.88. The molecule has 0 atom stereocenters. The maximum atomic E-state index is 12.4. The average Bonchev–Trinajstić information content (AvgIpc) is 2.83. The zero-order valence-electron chi connectivity index (χ0n) is 19.6. The van der Waals surface area contributed by atoms with Gasteiger partial charge in [0, 0.05) is 22.6 Å². The number of nitrogens with one attached hydrogen (secondary N) is 1. The number of nitrogens with two attached hydrogens (primary N) is 2. The highest BCUT2D eigenvalue weighted by molar-refractivity contribution is 7.86. The highest BCUT2D eigenvalue weighted by Crippen LogP contribution is 2.54. The molecule has 39 heavy (non-hydrogen) atoms. The first kappa shape index (κ1) is 27.4. The monoisotopic (exact) mass is 573 g/mol. The minimum absolute atomic E-state index is 0.0255. The number of aromatic carboxylic acids is 1. The molecule has 1 amide bonds. The lowest BCUT2D eigenvalue weighted by molar-refractivity contribution is 0.0695. The Bertz CT molecular complexity index is 1740. The number of anilines is 2. The quantitative estimate of drug-likeness (QED) is 0.110. The second kappa shape index (κ2) is 9.60. The topological polar surface area (TPSA) is 236 Å². The Morgan fingerprint density at radius 1 is 0.897 bits per heavy atom. The number of carbonyl (C=O) groups is 2. The third-order valence-corrected chi connectivity index (χ3v) is 7.77. The predicted molar refractivity (Wildman–Crippen MR) is 137 cm³/mol. The van der Waals surface area contributed by atoms with Gasteiger partial charge in [0.15, 0.2) is 21.3 Å². The van der Waals surface area contributed by atoms with Gasteiger partial charge in [-0.25, -0.2) is 4.79 Å². The Hall–Kier alpha value is -4.62. The lowest BCUT2D eigenvalue weighted by atomic mass is 9.80. The molecular formula is C24H19N3O10S2. The lowest BCUT2D eigenvalue weighted by Gasteiger charge is -2.32. The van der Waals surface area contributed by atoms with Crippen molar-refractivity contribution in [3.63, 3.8) is 0 Å². The Morgan fingerprint density at radius 3 is 1.82 bits per heavy atom. The Labute approximate surface area is 221 Å². The van der Waals surface area contributed by atoms with E-state index in [1.807, 2.05) is 0 Å². The van der Waals surface area contributed by atoms with Crippen molar-refractivity contribution >= 4 is 43.5 Å². The number of carboxylic acid groups (broad SMARTS) is 1. The van der Waals surface area contributed by atoms with Crippen LogP contribution in [0.2, 0.25) is 0 Å². The molecule has 1 aliphatic heterocycles. The summed E-state index contributed by atoms with van der Waals surface area (Å²) in [6, 6.07) is 8.47. The lowest BCUT2D eigenvalue weighted by Crippen LogP contribution is -2.24. The van der Waals surface area contributed by atoms with Gasteiger partial charge >= 0.3 is 5.97 Å². The number of hydrogen-bond acceptors (Lipinski definition) is 9. The van der Waals surface area contributed by atoms with E-state index in [0.717, 1.165) is 18.2 Å². The van der Waals surface area contributed by atoms with Crippen LogP contribution in [-0.4, -0.2) is 49.5 Å². The van der Waals surface area contributed by atoms with E-state index < -0.39 is 76.3 Å². The summed E-state index contributed by atoms with van der Waals surface area (Å²) in [6.45, 7) is -0.122. The molecule has 3 aromatic rings. The minimum atomic E-state index is -5.07. The van der Waals surface area contributed by atoms with Crippen molar-refractivity contribution in [3.8, 4) is 23.8 Å². The molecule has 0 bridgehead atoms. The summed E-state index contributed by atoms with van der Waals surface area (Å²) in [7, 11) is -10.1. The molecule has 13 nitrogen and oxygen atoms in total. The van der Waals surface area contributed by atoms with E-state index in [-0.39, 0.29) is 28.8 Å². The highest BCUT2D eigenvalue weighted by atomic mass is 32.2. The van der Waals surface area contributed by atoms with E-state index in [2.05, 4.69) is 11.2 Å². The molecule has 0 saturated heterocycles. The maximum Gasteiger partial charge on any atom is 0.336 e. The summed E-state index contributed by atoms with van der Waals surface area (Å²) in [6.07, 6.45) is 5.14. The second-order valence-electron chi connectivity index (χ2n) is 8.28. The van der Waals surface area contributed by atoms with Gasteiger partial charge in [0.05, 0.1) is 23.5 Å². The fraction of sp³-hybridized carbons (Fsp3) is 0.0833. The SMILES string of the molecule is C#CCNC(=O)c1ccc(C2c3ccc(N)c(S(=O)(=O)O)c3Oc3c2ccc(N)c3S(=O)(=O)O)c(C(=O)O)c1. The first-order valence-electron chi connectivity index (χ1n) is 10.7. The van der Waals surface area contributed by atoms with Crippen LogP contribution in [0, 0.1) is 12.3 Å². The van der Waals surface area contributed by atoms with Crippen LogP contribution in [0.1, 0.15) is 43.3 Å². The van der Waals surface area contributed by atoms with Gasteiger partial charge in [0.25, 0.3) is 26.1 Å². The normalized spacial score (nSPS) is 12.9. The van der Waals surface area contributed by atoms with Crippen molar-refractivity contribution in [2.75, 3.05) is 18.0 Å². The number of benzene rings is 3. The van der Waals surface area contributed by atoms with Crippen LogP contribution in [0.25, 0.3) is 0 Å². The highest BCUT2D eigenvalue weighted by Gasteiger charge is 2.39. The molecule has 0 radical (unpaired) electrons. The standard InChI is InChI=1S/C24H19N3O10S2/c1-2-9-27-23(28)11-3-4-12(15(10-11)24(29)30)18-13-5-7-16(25)21(38(31,32)33)19(13)37-20-14(18)6-8-17(26)22(20)39(34,35)36/h1,3-8,10,18H,9,25-26H2,(H,27,28)(H,29,30)(H,31,32,33)(H,34,35,36). The van der Waals surface area contributed by atoms with Gasteiger partial charge in [-0.3, -0.25) is 13.9 Å². The number of terminal acetylenes is 1. The summed E-state index contributed by atoms with van der Waals surface area (Å²) in [5, 5.41) is 12.4. The summed E-state index contributed by atoms with van der Waals surface area (Å²) in [4.78, 5) is 22.9. The van der Waals surface area contributed by atoms with Crippen molar-refractivity contribution in [2.45, 2.75) is 15.7 Å². The molecule has 202 valence electrons. The van der Waals surface area contributed by atoms with Crippen molar-refractivity contribution in [3.05, 3.63) is 70.3 Å². The predicted octanol–water partition coefficient (Wildman–Crippen LogP) is 1.69. The molecule has 3 aromatic carbocycles. The van der Waals surface area contributed by atoms with Crippen molar-refractivity contribution in [1.82, 2.24) is 5.32 Å². The second-order valence-corrected chi connectivity index (χ2v) is 11.0. The van der Waals surface area contributed by atoms with Crippen LogP contribution < -0.4 is 21.5 Å². The number of ether oxygens (including phenoxy) is 1. The summed E-state index contributed by atoms with van der Waals surface area (Å²) < 4.78 is 74.5. The number of hydrogen-bond donors (Lipinski definition) is 6. The summed E-state index contributed by atoms with van der Waals surface area (Å²) in [5.41, 5.74) is 10.1. The van der Waals surface area contributed by atoms with Gasteiger partial charge in [0.1, 0.15) is 0 Å². The molecule has 0 spiro atoms. The molecule has 8 N–H and O–H groups in total. The van der Waals surface area contributed by atoms with E-state index >= 15 is 0 Å². The largest absolute Gasteiger partial charge is 0.478 e. The molecule has 0 aliphatic carbocycles. The Balaban J connectivity index is 2.12. The molecule has 4 rings (SSSR count). The van der Waals surface area contributed by atoms with Gasteiger partial charge in [-0.2, -0.15) is 16.8 Å². The number of nitrogen functional groups attached to an aromatic ring is 2. The van der Waals surface area contributed by atoms with Crippen LogP contribution in [0.3, 0.4) is 0 Å². The van der Waals surface area contributed by atoms with E-state index in [0.29, 0.717) is 0 Å². The summed E-state index contributed by atoms with van der Waals surface area (Å²) in [5.74, 6) is -2.43. The Morgan fingerprint density at radius 2 is 1.38 bits per heavy atom. The van der Waals surface area contributed by atoms with Gasteiger partial charge in [0.2, 0.25) is 0 Å². The molecule has 0 aromatic heterocycles. The number of carboxylic acids is 1. The molecule has 0 saturated carbocycles. The fourth-order valence-electron chi connectivity index (χ4n) is 4.36. The molecule has 1 heterocycles. The molecule has 0 unspecified atom stereocenters. The minimum Gasteiger partial charge on any atom is -0.478 e. The smallest absolute Gasteiger partial charge is 0.336 e. The third kappa shape index (κ3) is 4.84. The Kier molecular flexibility index (Phi) is 6.75. The number of fused-ring (bicyclic) bond motifs is 2. The van der Waals surface area contributed by atoms with E-state index in [9.17, 15) is 40.6 Å². The number of rotatable bonds is 6. The van der Waals surface area contributed by atoms with E-state index in [1.165, 1.54) is 24.3 Å². The van der Waals surface area contributed by atoms with Crippen molar-refractivity contribution < 1.29 is 45.4 Å². The maximum absolute atomic E-state index is 12.4. The molecule has 1 aliphatic rings. The average molecular weight is 574 g/mol. The zero-order chi connectivity index (χ0) is 28.9. The van der Waals surface area contributed by atoms with Crippen LogP contribution in [-0.2, 0) is 20.2 Å². The van der Waals surface area contributed by atoms with Gasteiger partial charge in [-0.1, -0.05) is 24.1 Å². The van der Waals surface area contributed by atoms with Crippen LogP contribution in [0.15, 0.2) is 52.3 Å². The van der Waals surface area contributed by atoms with Gasteiger partial charge < -0.3 is 26.6 Å². The van der Waals surface area contributed by atoms with Crippen molar-refractivity contribution in [2.24, 2.45) is 0 Å². The molecular weight excluding hydrogens is 554 g/mol. The number of amides is 1. The summed E-state index contributed by atoms with van der Waals surface area (Å²) >= 11 is 0. The van der Waals surface area contributed by atoms with Crippen LogP contribution in [0.5, 0.6) is 11.5 Å². The van der Waals surface area contributed by atoms with E-state index in [4.69, 9.17) is 22.6 Å². The molecule has 0 fully saturated rings. The third-order valence-electron chi connectivity index (χ3n) is 5.90. The van der Waals surface area contributed by atoms with Crippen LogP contribution >= 0.6 is 0 Å².